The highest BCUT2D eigenvalue weighted by molar-refractivity contribution is 9.10. The van der Waals surface area contributed by atoms with E-state index in [0.717, 1.165) is 37.4 Å². The lowest BCUT2D eigenvalue weighted by Crippen LogP contribution is -2.45. The Morgan fingerprint density at radius 2 is 1.75 bits per heavy atom. The topological polar surface area (TPSA) is 82.0 Å². The van der Waals surface area contributed by atoms with E-state index in [1.807, 2.05) is 30.3 Å². The fourth-order valence-corrected chi connectivity index (χ4v) is 4.70. The van der Waals surface area contributed by atoms with Gasteiger partial charge in [-0.05, 0) is 64.9 Å². The zero-order valence-corrected chi connectivity index (χ0v) is 21.5. The van der Waals surface area contributed by atoms with Crippen LogP contribution >= 0.6 is 15.9 Å². The van der Waals surface area contributed by atoms with Crippen molar-refractivity contribution in [3.05, 3.63) is 94.2 Å². The van der Waals surface area contributed by atoms with Gasteiger partial charge >= 0.3 is 0 Å². The van der Waals surface area contributed by atoms with E-state index in [0.29, 0.717) is 33.3 Å². The quantitative estimate of drug-likeness (QED) is 0.381. The largest absolute Gasteiger partial charge is 0.369 e. The van der Waals surface area contributed by atoms with Crippen LogP contribution in [0.2, 0.25) is 0 Å². The Hall–Kier alpha value is -3.69. The highest BCUT2D eigenvalue weighted by Gasteiger charge is 2.18. The molecule has 2 amide bonds. The number of nitrogens with zero attached hydrogens (tertiary/aromatic N) is 4. The average molecular weight is 547 g/mol. The number of benzene rings is 2. The SMILES string of the molecule is CN1CCN(c2ccccc2CNC(=O)c2ccc(Br)c(NC(=O)c3cnn4ccccc34)c2)CC1. The van der Waals surface area contributed by atoms with Gasteiger partial charge in [-0.2, -0.15) is 5.10 Å². The molecular weight excluding hydrogens is 520 g/mol. The number of carbonyl (C=O) groups excluding carboxylic acids is 2. The van der Waals surface area contributed by atoms with Crippen LogP contribution in [0, 0.1) is 0 Å². The number of anilines is 2. The van der Waals surface area contributed by atoms with E-state index in [-0.39, 0.29) is 11.8 Å². The predicted octanol–water partition coefficient (Wildman–Crippen LogP) is 4.03. The molecule has 2 aromatic heterocycles. The second-order valence-corrected chi connectivity index (χ2v) is 9.69. The molecule has 8 nitrogen and oxygen atoms in total. The maximum atomic E-state index is 13.0. The number of rotatable bonds is 6. The molecule has 1 aliphatic rings. The van der Waals surface area contributed by atoms with Crippen molar-refractivity contribution in [3.63, 3.8) is 0 Å². The molecule has 0 saturated carbocycles. The number of halogens is 1. The molecule has 2 aromatic carbocycles. The molecule has 0 aliphatic carbocycles. The normalized spacial score (nSPS) is 14.1. The Labute approximate surface area is 218 Å². The van der Waals surface area contributed by atoms with Gasteiger partial charge in [-0.3, -0.25) is 9.59 Å². The summed E-state index contributed by atoms with van der Waals surface area (Å²) in [6.07, 6.45) is 3.32. The third-order valence-electron chi connectivity index (χ3n) is 6.42. The first-order valence-corrected chi connectivity index (χ1v) is 12.6. The first kappa shape index (κ1) is 24.0. The Morgan fingerprint density at radius 3 is 2.58 bits per heavy atom. The van der Waals surface area contributed by atoms with Gasteiger partial charge in [0.15, 0.2) is 0 Å². The molecule has 3 heterocycles. The summed E-state index contributed by atoms with van der Waals surface area (Å²) < 4.78 is 2.33. The first-order chi connectivity index (χ1) is 17.5. The van der Waals surface area contributed by atoms with Crippen LogP contribution in [0.4, 0.5) is 11.4 Å². The molecule has 2 N–H and O–H groups in total. The molecule has 1 saturated heterocycles. The van der Waals surface area contributed by atoms with Crippen LogP contribution in [0.3, 0.4) is 0 Å². The Morgan fingerprint density at radius 1 is 0.972 bits per heavy atom. The van der Waals surface area contributed by atoms with Crippen molar-refractivity contribution in [2.45, 2.75) is 6.54 Å². The molecule has 0 atom stereocenters. The summed E-state index contributed by atoms with van der Waals surface area (Å²) in [4.78, 5) is 30.7. The number of fused-ring (bicyclic) bond motifs is 1. The monoisotopic (exact) mass is 546 g/mol. The van der Waals surface area contributed by atoms with Gasteiger partial charge in [0.1, 0.15) is 0 Å². The molecule has 184 valence electrons. The van der Waals surface area contributed by atoms with Gasteiger partial charge in [-0.25, -0.2) is 4.52 Å². The van der Waals surface area contributed by atoms with Crippen molar-refractivity contribution < 1.29 is 9.59 Å². The van der Waals surface area contributed by atoms with Crippen LogP contribution < -0.4 is 15.5 Å². The van der Waals surface area contributed by atoms with E-state index in [4.69, 9.17) is 0 Å². The lowest BCUT2D eigenvalue weighted by molar-refractivity contribution is 0.0949. The van der Waals surface area contributed by atoms with Gasteiger partial charge in [0.2, 0.25) is 0 Å². The number of pyridine rings is 1. The average Bonchev–Trinajstić information content (AvgIpc) is 3.34. The third-order valence-corrected chi connectivity index (χ3v) is 7.11. The highest BCUT2D eigenvalue weighted by atomic mass is 79.9. The molecular formula is C27H27BrN6O2. The van der Waals surface area contributed by atoms with E-state index < -0.39 is 0 Å². The van der Waals surface area contributed by atoms with Gasteiger partial charge in [0, 0.05) is 54.6 Å². The van der Waals surface area contributed by atoms with Gasteiger partial charge in [-0.1, -0.05) is 24.3 Å². The number of amides is 2. The van der Waals surface area contributed by atoms with E-state index in [9.17, 15) is 9.59 Å². The Balaban J connectivity index is 1.28. The minimum Gasteiger partial charge on any atom is -0.369 e. The molecule has 9 heteroatoms. The number of nitrogens with one attached hydrogen (secondary N) is 2. The van der Waals surface area contributed by atoms with E-state index in [2.05, 4.69) is 60.6 Å². The zero-order chi connectivity index (χ0) is 25.1. The number of aromatic nitrogens is 2. The zero-order valence-electron chi connectivity index (χ0n) is 19.9. The summed E-state index contributed by atoms with van der Waals surface area (Å²) in [5, 5.41) is 10.2. The first-order valence-electron chi connectivity index (χ1n) is 11.8. The van der Waals surface area contributed by atoms with E-state index >= 15 is 0 Å². The van der Waals surface area contributed by atoms with Crippen LogP contribution in [0.5, 0.6) is 0 Å². The van der Waals surface area contributed by atoms with Crippen molar-refractivity contribution in [1.82, 2.24) is 19.8 Å². The summed E-state index contributed by atoms with van der Waals surface area (Å²) in [5.41, 5.74) is 4.38. The lowest BCUT2D eigenvalue weighted by atomic mass is 10.1. The second kappa shape index (κ2) is 10.5. The second-order valence-electron chi connectivity index (χ2n) is 8.84. The molecule has 5 rings (SSSR count). The standard InChI is InChI=1S/C27H27BrN6O2/c1-32-12-14-33(15-13-32)24-7-3-2-6-20(24)17-29-26(35)19-9-10-22(28)23(16-19)31-27(36)21-18-30-34-11-5-4-8-25(21)34/h2-11,16,18H,12-15,17H2,1H3,(H,29,35)(H,31,36). The molecule has 0 unspecified atom stereocenters. The van der Waals surface area contributed by atoms with Crippen LogP contribution in [-0.2, 0) is 6.54 Å². The third kappa shape index (κ3) is 5.12. The molecule has 0 radical (unpaired) electrons. The summed E-state index contributed by atoms with van der Waals surface area (Å²) in [5.74, 6) is -0.502. The smallest absolute Gasteiger partial charge is 0.259 e. The summed E-state index contributed by atoms with van der Waals surface area (Å²) in [6.45, 7) is 4.38. The number of hydrogen-bond donors (Lipinski definition) is 2. The summed E-state index contributed by atoms with van der Waals surface area (Å²) in [7, 11) is 2.14. The minimum absolute atomic E-state index is 0.206. The van der Waals surface area contributed by atoms with E-state index in [1.165, 1.54) is 6.20 Å². The minimum atomic E-state index is -0.296. The van der Waals surface area contributed by atoms with Gasteiger partial charge in [0.05, 0.1) is 23.0 Å². The van der Waals surface area contributed by atoms with Crippen molar-refractivity contribution in [2.75, 3.05) is 43.4 Å². The van der Waals surface area contributed by atoms with Crippen molar-refractivity contribution in [2.24, 2.45) is 0 Å². The molecule has 1 fully saturated rings. The Kier molecular flexibility index (Phi) is 7.02. The van der Waals surface area contributed by atoms with Crippen LogP contribution in [0.25, 0.3) is 5.52 Å². The van der Waals surface area contributed by atoms with Crippen molar-refractivity contribution in [3.8, 4) is 0 Å². The van der Waals surface area contributed by atoms with E-state index in [1.54, 1.807) is 28.9 Å². The van der Waals surface area contributed by atoms with Crippen molar-refractivity contribution >= 4 is 44.6 Å². The number of piperazine rings is 1. The maximum Gasteiger partial charge on any atom is 0.259 e. The maximum absolute atomic E-state index is 13.0. The molecule has 0 spiro atoms. The van der Waals surface area contributed by atoms with Crippen molar-refractivity contribution in [1.29, 1.82) is 0 Å². The molecule has 1 aliphatic heterocycles. The molecule has 0 bridgehead atoms. The predicted molar refractivity (Wildman–Crippen MR) is 145 cm³/mol. The lowest BCUT2D eigenvalue weighted by Gasteiger charge is -2.35. The summed E-state index contributed by atoms with van der Waals surface area (Å²) in [6, 6.07) is 18.9. The fraction of sp³-hybridized carbons (Fsp3) is 0.222. The van der Waals surface area contributed by atoms with Crippen LogP contribution in [0.15, 0.2) is 77.5 Å². The van der Waals surface area contributed by atoms with Crippen LogP contribution in [0.1, 0.15) is 26.3 Å². The molecule has 36 heavy (non-hydrogen) atoms. The van der Waals surface area contributed by atoms with Crippen LogP contribution in [-0.4, -0.2) is 59.6 Å². The van der Waals surface area contributed by atoms with Gasteiger partial charge < -0.3 is 20.4 Å². The number of carbonyl (C=O) groups is 2. The number of para-hydroxylation sites is 1. The Bertz CT molecular complexity index is 1410. The summed E-state index contributed by atoms with van der Waals surface area (Å²) >= 11 is 3.48. The number of hydrogen-bond acceptors (Lipinski definition) is 5. The van der Waals surface area contributed by atoms with Gasteiger partial charge in [-0.15, -0.1) is 0 Å². The molecule has 4 aromatic rings. The highest BCUT2D eigenvalue weighted by Crippen LogP contribution is 2.26. The number of likely N-dealkylation sites (N-methyl/N-ethyl adjacent to an activating group) is 1. The fourth-order valence-electron chi connectivity index (χ4n) is 4.36. The van der Waals surface area contributed by atoms with Gasteiger partial charge in [0.25, 0.3) is 11.8 Å².